The SMILES string of the molecule is Cc1cn(C)c(=S)[nH]c1=O.Cn1cnc2c(N)nc(N)nc21. The van der Waals surface area contributed by atoms with E-state index in [4.69, 9.17) is 23.7 Å². The Bertz CT molecular complexity index is 907. The number of anilines is 2. The second-order valence-corrected chi connectivity index (χ2v) is 5.06. The highest BCUT2D eigenvalue weighted by atomic mass is 32.1. The summed E-state index contributed by atoms with van der Waals surface area (Å²) in [5, 5.41) is 0. The second kappa shape index (κ2) is 5.93. The number of nitrogens with zero attached hydrogens (tertiary/aromatic N) is 5. The summed E-state index contributed by atoms with van der Waals surface area (Å²) in [5.74, 6) is 0.488. The number of aryl methyl sites for hydroxylation is 3. The van der Waals surface area contributed by atoms with Gasteiger partial charge < -0.3 is 20.6 Å². The summed E-state index contributed by atoms with van der Waals surface area (Å²) in [6.07, 6.45) is 3.33. The van der Waals surface area contributed by atoms with Gasteiger partial charge in [0.1, 0.15) is 5.52 Å². The van der Waals surface area contributed by atoms with Crippen molar-refractivity contribution >= 4 is 35.1 Å². The van der Waals surface area contributed by atoms with E-state index in [1.165, 1.54) is 0 Å². The zero-order chi connectivity index (χ0) is 16.4. The Labute approximate surface area is 130 Å². The molecule has 0 amide bonds. The van der Waals surface area contributed by atoms with Crippen molar-refractivity contribution in [2.24, 2.45) is 14.1 Å². The topological polar surface area (TPSA) is 133 Å². The lowest BCUT2D eigenvalue weighted by Gasteiger charge is -1.97. The van der Waals surface area contributed by atoms with E-state index in [0.29, 0.717) is 27.3 Å². The molecule has 0 aliphatic rings. The van der Waals surface area contributed by atoms with Crippen LogP contribution in [-0.4, -0.2) is 29.1 Å². The number of nitrogens with two attached hydrogens (primary N) is 2. The van der Waals surface area contributed by atoms with Crippen molar-refractivity contribution in [3.8, 4) is 0 Å². The van der Waals surface area contributed by atoms with Gasteiger partial charge in [0.15, 0.2) is 16.2 Å². The fraction of sp³-hybridized carbons (Fsp3) is 0.250. The number of imidazole rings is 1. The van der Waals surface area contributed by atoms with Gasteiger partial charge in [-0.2, -0.15) is 9.97 Å². The summed E-state index contributed by atoms with van der Waals surface area (Å²) in [5.41, 5.74) is 12.8. The molecule has 3 rings (SSSR count). The molecular formula is C12H16N8OS. The van der Waals surface area contributed by atoms with Crippen LogP contribution in [0.15, 0.2) is 17.3 Å². The molecule has 116 valence electrons. The molecule has 22 heavy (non-hydrogen) atoms. The van der Waals surface area contributed by atoms with Gasteiger partial charge in [-0.3, -0.25) is 9.78 Å². The van der Waals surface area contributed by atoms with Gasteiger partial charge in [0, 0.05) is 25.9 Å². The zero-order valence-corrected chi connectivity index (χ0v) is 13.2. The minimum Gasteiger partial charge on any atom is -0.382 e. The lowest BCUT2D eigenvalue weighted by molar-refractivity contribution is 0.820. The van der Waals surface area contributed by atoms with Crippen molar-refractivity contribution in [3.63, 3.8) is 0 Å². The number of aromatic nitrogens is 6. The van der Waals surface area contributed by atoms with Crippen LogP contribution in [0.3, 0.4) is 0 Å². The van der Waals surface area contributed by atoms with Crippen LogP contribution in [0.4, 0.5) is 11.8 Å². The normalized spacial score (nSPS) is 10.3. The standard InChI is InChI=1S/C6H8N6.C6H8N2OS/c1-12-2-9-3-4(7)10-6(8)11-5(3)12;1-4-3-8(2)6(10)7-5(4)9/h2H,1H3,(H4,7,8,10,11);3H,1-2H3,(H,7,9,10). The minimum absolute atomic E-state index is 0.108. The molecule has 3 aromatic heterocycles. The number of aromatic amines is 1. The van der Waals surface area contributed by atoms with Gasteiger partial charge in [0.2, 0.25) is 5.95 Å². The third-order valence-corrected chi connectivity index (χ3v) is 3.28. The molecule has 0 saturated heterocycles. The number of nitrogen functional groups attached to an aromatic ring is 2. The first-order valence-electron chi connectivity index (χ1n) is 6.26. The van der Waals surface area contributed by atoms with E-state index in [0.717, 1.165) is 0 Å². The molecule has 0 aliphatic carbocycles. The quantitative estimate of drug-likeness (QED) is 0.506. The molecule has 0 unspecified atom stereocenters. The number of nitrogens with one attached hydrogen (secondary N) is 1. The number of fused-ring (bicyclic) bond motifs is 1. The van der Waals surface area contributed by atoms with Crippen LogP contribution < -0.4 is 17.0 Å². The third kappa shape index (κ3) is 3.11. The van der Waals surface area contributed by atoms with Crippen LogP contribution in [0.2, 0.25) is 0 Å². The minimum atomic E-state index is -0.108. The van der Waals surface area contributed by atoms with E-state index in [1.807, 2.05) is 7.05 Å². The molecule has 9 nitrogen and oxygen atoms in total. The summed E-state index contributed by atoms with van der Waals surface area (Å²) >= 11 is 4.81. The molecule has 0 fully saturated rings. The Morgan fingerprint density at radius 1 is 1.23 bits per heavy atom. The van der Waals surface area contributed by atoms with Crippen molar-refractivity contribution in [2.45, 2.75) is 6.92 Å². The van der Waals surface area contributed by atoms with E-state index in [2.05, 4.69) is 19.9 Å². The highest BCUT2D eigenvalue weighted by molar-refractivity contribution is 7.71. The summed E-state index contributed by atoms with van der Waals surface area (Å²) in [6.45, 7) is 1.74. The monoisotopic (exact) mass is 320 g/mol. The molecule has 5 N–H and O–H groups in total. The number of rotatable bonds is 0. The highest BCUT2D eigenvalue weighted by Gasteiger charge is 2.06. The molecular weight excluding hydrogens is 304 g/mol. The van der Waals surface area contributed by atoms with Crippen LogP contribution in [0, 0.1) is 11.7 Å². The van der Waals surface area contributed by atoms with Crippen molar-refractivity contribution in [2.75, 3.05) is 11.5 Å². The molecule has 3 aromatic rings. The van der Waals surface area contributed by atoms with Gasteiger partial charge in [-0.05, 0) is 19.1 Å². The number of hydrogen-bond donors (Lipinski definition) is 3. The van der Waals surface area contributed by atoms with E-state index in [1.54, 1.807) is 35.6 Å². The second-order valence-electron chi connectivity index (χ2n) is 4.68. The molecule has 3 heterocycles. The van der Waals surface area contributed by atoms with Crippen molar-refractivity contribution < 1.29 is 0 Å². The zero-order valence-electron chi connectivity index (χ0n) is 12.4. The molecule has 10 heteroatoms. The molecule has 0 saturated carbocycles. The fourth-order valence-corrected chi connectivity index (χ4v) is 1.88. The number of H-pyrrole nitrogens is 1. The van der Waals surface area contributed by atoms with E-state index in [-0.39, 0.29) is 11.5 Å². The molecule has 0 bridgehead atoms. The highest BCUT2D eigenvalue weighted by Crippen LogP contribution is 2.15. The van der Waals surface area contributed by atoms with E-state index < -0.39 is 0 Å². The Morgan fingerprint density at radius 2 is 1.91 bits per heavy atom. The van der Waals surface area contributed by atoms with Crippen LogP contribution in [0.1, 0.15) is 5.56 Å². The van der Waals surface area contributed by atoms with Gasteiger partial charge in [-0.15, -0.1) is 0 Å². The van der Waals surface area contributed by atoms with Gasteiger partial charge in [0.25, 0.3) is 5.56 Å². The summed E-state index contributed by atoms with van der Waals surface area (Å²) in [4.78, 5) is 25.2. The third-order valence-electron chi connectivity index (χ3n) is 2.89. The summed E-state index contributed by atoms with van der Waals surface area (Å²) in [6, 6.07) is 0. The number of hydrogen-bond acceptors (Lipinski definition) is 7. The predicted octanol–water partition coefficient (Wildman–Crippen LogP) is 0.279. The Morgan fingerprint density at radius 3 is 2.55 bits per heavy atom. The summed E-state index contributed by atoms with van der Waals surface area (Å²) < 4.78 is 3.89. The van der Waals surface area contributed by atoms with Crippen LogP contribution in [0.5, 0.6) is 0 Å². The Hall–Kier alpha value is -2.75. The van der Waals surface area contributed by atoms with Crippen LogP contribution in [-0.2, 0) is 14.1 Å². The van der Waals surface area contributed by atoms with Crippen molar-refractivity contribution in [1.29, 1.82) is 0 Å². The van der Waals surface area contributed by atoms with Gasteiger partial charge in [-0.1, -0.05) is 0 Å². The maximum Gasteiger partial charge on any atom is 0.254 e. The predicted molar refractivity (Wildman–Crippen MR) is 86.7 cm³/mol. The molecule has 0 aliphatic heterocycles. The van der Waals surface area contributed by atoms with Crippen LogP contribution >= 0.6 is 12.2 Å². The molecule has 0 atom stereocenters. The molecule has 0 spiro atoms. The Kier molecular flexibility index (Phi) is 4.22. The maximum atomic E-state index is 10.9. The van der Waals surface area contributed by atoms with Crippen molar-refractivity contribution in [3.05, 3.63) is 33.2 Å². The Balaban J connectivity index is 0.000000164. The maximum absolute atomic E-state index is 10.9. The first-order valence-corrected chi connectivity index (χ1v) is 6.67. The average molecular weight is 320 g/mol. The first kappa shape index (κ1) is 15.6. The lowest BCUT2D eigenvalue weighted by Crippen LogP contribution is -2.13. The lowest BCUT2D eigenvalue weighted by atomic mass is 10.4. The molecule has 0 radical (unpaired) electrons. The van der Waals surface area contributed by atoms with Gasteiger partial charge >= 0.3 is 0 Å². The van der Waals surface area contributed by atoms with E-state index in [9.17, 15) is 4.79 Å². The first-order chi connectivity index (χ1) is 10.3. The van der Waals surface area contributed by atoms with Gasteiger partial charge in [-0.25, -0.2) is 4.98 Å². The summed E-state index contributed by atoms with van der Waals surface area (Å²) in [7, 11) is 3.62. The van der Waals surface area contributed by atoms with E-state index >= 15 is 0 Å². The van der Waals surface area contributed by atoms with Crippen LogP contribution in [0.25, 0.3) is 11.2 Å². The van der Waals surface area contributed by atoms with Gasteiger partial charge in [0.05, 0.1) is 6.33 Å². The largest absolute Gasteiger partial charge is 0.382 e. The fourth-order valence-electron chi connectivity index (χ4n) is 1.74. The van der Waals surface area contributed by atoms with Crippen molar-refractivity contribution in [1.82, 2.24) is 29.1 Å². The smallest absolute Gasteiger partial charge is 0.254 e. The average Bonchev–Trinajstić information content (AvgIpc) is 2.79. The molecule has 0 aromatic carbocycles.